The fourth-order valence-electron chi connectivity index (χ4n) is 3.18. The van der Waals surface area contributed by atoms with Crippen molar-refractivity contribution in [2.75, 3.05) is 19.0 Å². The average Bonchev–Trinajstić information content (AvgIpc) is 2.69. The number of primary amides is 1. The van der Waals surface area contributed by atoms with Gasteiger partial charge in [-0.3, -0.25) is 0 Å². The topological polar surface area (TPSA) is 73.6 Å². The summed E-state index contributed by atoms with van der Waals surface area (Å²) in [5, 5.41) is 3.48. The summed E-state index contributed by atoms with van der Waals surface area (Å²) in [5.74, 6) is 1.22. The normalized spacial score (nSPS) is 11.6. The van der Waals surface area contributed by atoms with E-state index in [1.165, 1.54) is 5.56 Å². The number of anilines is 1. The Labute approximate surface area is 161 Å². The molecule has 0 aromatic heterocycles. The maximum atomic E-state index is 10.8. The minimum absolute atomic E-state index is 0.345. The number of ether oxygens (including phenoxy) is 2. The number of carbonyl (C=O) groups excluding carboxylic acids is 1. The fourth-order valence-corrected chi connectivity index (χ4v) is 3.18. The second-order valence-corrected chi connectivity index (χ2v) is 6.59. The number of carbonyl (C=O) groups is 1. The van der Waals surface area contributed by atoms with Gasteiger partial charge in [-0.15, -0.1) is 0 Å². The third-order valence-electron chi connectivity index (χ3n) is 4.65. The molecule has 2 aromatic rings. The monoisotopic (exact) mass is 370 g/mol. The van der Waals surface area contributed by atoms with Gasteiger partial charge in [-0.1, -0.05) is 50.1 Å². The highest BCUT2D eigenvalue weighted by Crippen LogP contribution is 2.28. The molecule has 0 saturated heterocycles. The van der Waals surface area contributed by atoms with Crippen LogP contribution >= 0.6 is 0 Å². The Hall–Kier alpha value is -2.69. The van der Waals surface area contributed by atoms with Gasteiger partial charge in [0.15, 0.2) is 0 Å². The van der Waals surface area contributed by atoms with Crippen LogP contribution < -0.4 is 15.8 Å². The largest absolute Gasteiger partial charge is 0.496 e. The standard InChI is InChI=1S/C22H30N2O3/c1-3-4-8-17(13-14-27-22(23)25)18-10-7-11-20(15-18)24-16-19-9-5-6-12-21(19)26-2/h5-7,9-12,15,17,24H,3-4,8,13-14,16H2,1-2H3,(H2,23,25). The molecular weight excluding hydrogens is 340 g/mol. The number of unbranched alkanes of at least 4 members (excludes halogenated alkanes) is 1. The van der Waals surface area contributed by atoms with Crippen molar-refractivity contribution in [3.05, 3.63) is 59.7 Å². The van der Waals surface area contributed by atoms with Crippen molar-refractivity contribution in [2.24, 2.45) is 5.73 Å². The van der Waals surface area contributed by atoms with Gasteiger partial charge in [0.1, 0.15) is 5.75 Å². The van der Waals surface area contributed by atoms with E-state index < -0.39 is 6.09 Å². The number of methoxy groups -OCH3 is 1. The number of hydrogen-bond acceptors (Lipinski definition) is 4. The number of amides is 1. The Morgan fingerprint density at radius 1 is 1.15 bits per heavy atom. The maximum Gasteiger partial charge on any atom is 0.404 e. The number of para-hydroxylation sites is 1. The van der Waals surface area contributed by atoms with Crippen LogP contribution in [-0.2, 0) is 11.3 Å². The van der Waals surface area contributed by atoms with Crippen LogP contribution in [0.1, 0.15) is 49.7 Å². The molecule has 146 valence electrons. The van der Waals surface area contributed by atoms with Crippen molar-refractivity contribution in [3.8, 4) is 5.75 Å². The average molecular weight is 370 g/mol. The number of hydrogen-bond donors (Lipinski definition) is 2. The van der Waals surface area contributed by atoms with Crippen LogP contribution in [0.25, 0.3) is 0 Å². The van der Waals surface area contributed by atoms with Gasteiger partial charge in [0.05, 0.1) is 13.7 Å². The number of rotatable bonds is 11. The molecule has 0 saturated carbocycles. The van der Waals surface area contributed by atoms with Crippen molar-refractivity contribution < 1.29 is 14.3 Å². The van der Waals surface area contributed by atoms with Gasteiger partial charge in [0, 0.05) is 17.8 Å². The molecule has 0 bridgehead atoms. The van der Waals surface area contributed by atoms with Crippen molar-refractivity contribution >= 4 is 11.8 Å². The second-order valence-electron chi connectivity index (χ2n) is 6.59. The van der Waals surface area contributed by atoms with Crippen LogP contribution in [0.15, 0.2) is 48.5 Å². The summed E-state index contributed by atoms with van der Waals surface area (Å²) in [5.41, 5.74) is 8.51. The van der Waals surface area contributed by atoms with Gasteiger partial charge in [-0.25, -0.2) is 4.79 Å². The molecule has 1 unspecified atom stereocenters. The fraction of sp³-hybridized carbons (Fsp3) is 0.409. The van der Waals surface area contributed by atoms with Gasteiger partial charge in [-0.2, -0.15) is 0 Å². The lowest BCUT2D eigenvalue weighted by atomic mass is 9.90. The first kappa shape index (κ1) is 20.6. The summed E-state index contributed by atoms with van der Waals surface area (Å²) < 4.78 is 10.4. The van der Waals surface area contributed by atoms with E-state index in [0.717, 1.165) is 42.7 Å². The van der Waals surface area contributed by atoms with Crippen LogP contribution in [0.2, 0.25) is 0 Å². The molecule has 27 heavy (non-hydrogen) atoms. The van der Waals surface area contributed by atoms with Crippen molar-refractivity contribution in [1.82, 2.24) is 0 Å². The molecule has 5 nitrogen and oxygen atoms in total. The van der Waals surface area contributed by atoms with Gasteiger partial charge in [0.25, 0.3) is 0 Å². The van der Waals surface area contributed by atoms with Crippen molar-refractivity contribution in [3.63, 3.8) is 0 Å². The van der Waals surface area contributed by atoms with Gasteiger partial charge < -0.3 is 20.5 Å². The highest BCUT2D eigenvalue weighted by atomic mass is 16.5. The van der Waals surface area contributed by atoms with Crippen LogP contribution in [-0.4, -0.2) is 19.8 Å². The third kappa shape index (κ3) is 6.85. The Morgan fingerprint density at radius 3 is 2.70 bits per heavy atom. The molecule has 0 spiro atoms. The van der Waals surface area contributed by atoms with E-state index in [9.17, 15) is 4.79 Å². The summed E-state index contributed by atoms with van der Waals surface area (Å²) in [6, 6.07) is 16.4. The molecule has 0 aliphatic rings. The Bertz CT molecular complexity index is 718. The van der Waals surface area contributed by atoms with E-state index in [0.29, 0.717) is 19.1 Å². The lowest BCUT2D eigenvalue weighted by Crippen LogP contribution is -2.15. The lowest BCUT2D eigenvalue weighted by Gasteiger charge is -2.18. The van der Waals surface area contributed by atoms with Crippen LogP contribution in [0, 0.1) is 0 Å². The molecule has 5 heteroatoms. The first-order valence-corrected chi connectivity index (χ1v) is 9.52. The molecule has 2 rings (SSSR count). The Kier molecular flexibility index (Phi) is 8.49. The summed E-state index contributed by atoms with van der Waals surface area (Å²) in [6.45, 7) is 3.22. The summed E-state index contributed by atoms with van der Waals surface area (Å²) in [7, 11) is 1.69. The van der Waals surface area contributed by atoms with Gasteiger partial charge >= 0.3 is 6.09 Å². The maximum absolute atomic E-state index is 10.8. The molecule has 0 aliphatic heterocycles. The Morgan fingerprint density at radius 2 is 1.96 bits per heavy atom. The van der Waals surface area contributed by atoms with E-state index in [-0.39, 0.29) is 0 Å². The quantitative estimate of drug-likeness (QED) is 0.579. The number of benzene rings is 2. The van der Waals surface area contributed by atoms with E-state index in [2.05, 4.69) is 42.6 Å². The Balaban J connectivity index is 2.04. The third-order valence-corrected chi connectivity index (χ3v) is 4.65. The van der Waals surface area contributed by atoms with E-state index in [1.54, 1.807) is 7.11 Å². The van der Waals surface area contributed by atoms with Crippen LogP contribution in [0.5, 0.6) is 5.75 Å². The zero-order valence-electron chi connectivity index (χ0n) is 16.2. The van der Waals surface area contributed by atoms with E-state index in [4.69, 9.17) is 15.2 Å². The molecule has 0 radical (unpaired) electrons. The van der Waals surface area contributed by atoms with E-state index in [1.807, 2.05) is 18.2 Å². The molecule has 0 heterocycles. The number of nitrogens with two attached hydrogens (primary N) is 1. The predicted octanol–water partition coefficient (Wildman–Crippen LogP) is 5.07. The van der Waals surface area contributed by atoms with Crippen LogP contribution in [0.3, 0.4) is 0 Å². The van der Waals surface area contributed by atoms with Gasteiger partial charge in [0.2, 0.25) is 0 Å². The molecule has 0 fully saturated rings. The SMILES string of the molecule is CCCCC(CCOC(N)=O)c1cccc(NCc2ccccc2OC)c1. The summed E-state index contributed by atoms with van der Waals surface area (Å²) in [4.78, 5) is 10.8. The first-order valence-electron chi connectivity index (χ1n) is 9.52. The smallest absolute Gasteiger partial charge is 0.404 e. The molecule has 3 N–H and O–H groups in total. The van der Waals surface area contributed by atoms with Gasteiger partial charge in [-0.05, 0) is 42.5 Å². The zero-order valence-corrected chi connectivity index (χ0v) is 16.2. The predicted molar refractivity (Wildman–Crippen MR) is 109 cm³/mol. The summed E-state index contributed by atoms with van der Waals surface area (Å²) in [6.07, 6.45) is 3.41. The lowest BCUT2D eigenvalue weighted by molar-refractivity contribution is 0.152. The van der Waals surface area contributed by atoms with Crippen LogP contribution in [0.4, 0.5) is 10.5 Å². The molecule has 1 amide bonds. The number of nitrogens with one attached hydrogen (secondary N) is 1. The molecule has 1 atom stereocenters. The van der Waals surface area contributed by atoms with Crippen molar-refractivity contribution in [2.45, 2.75) is 45.1 Å². The minimum Gasteiger partial charge on any atom is -0.496 e. The second kappa shape index (κ2) is 11.1. The zero-order chi connectivity index (χ0) is 19.5. The highest BCUT2D eigenvalue weighted by Gasteiger charge is 2.13. The minimum atomic E-state index is -0.712. The molecular formula is C22H30N2O3. The van der Waals surface area contributed by atoms with E-state index >= 15 is 0 Å². The van der Waals surface area contributed by atoms with Crippen molar-refractivity contribution in [1.29, 1.82) is 0 Å². The molecule has 2 aromatic carbocycles. The summed E-state index contributed by atoms with van der Waals surface area (Å²) >= 11 is 0. The molecule has 0 aliphatic carbocycles. The highest BCUT2D eigenvalue weighted by molar-refractivity contribution is 5.64. The first-order chi connectivity index (χ1) is 13.1.